The van der Waals surface area contributed by atoms with E-state index in [1.165, 1.54) is 34.8 Å². The van der Waals surface area contributed by atoms with Crippen molar-refractivity contribution >= 4 is 28.6 Å². The number of nitrogens with zero attached hydrogens (tertiary/aromatic N) is 3. The van der Waals surface area contributed by atoms with Crippen molar-refractivity contribution in [2.75, 3.05) is 19.0 Å². The van der Waals surface area contributed by atoms with Gasteiger partial charge in [-0.2, -0.15) is 13.2 Å². The Morgan fingerprint density at radius 3 is 2.41 bits per heavy atom. The van der Waals surface area contributed by atoms with Crippen molar-refractivity contribution in [3.8, 4) is 0 Å². The number of rotatable bonds is 10. The van der Waals surface area contributed by atoms with Crippen LogP contribution in [-0.2, 0) is 22.3 Å². The van der Waals surface area contributed by atoms with Crippen molar-refractivity contribution in [1.82, 2.24) is 14.5 Å². The van der Waals surface area contributed by atoms with E-state index in [1.807, 2.05) is 13.8 Å². The topological polar surface area (TPSA) is 93.5 Å². The second-order valence-electron chi connectivity index (χ2n) is 9.65. The fraction of sp³-hybridized carbons (Fsp3) is 0.429. The number of urea groups is 1. The minimum absolute atomic E-state index is 0.0787. The lowest BCUT2D eigenvalue weighted by atomic mass is 10.1. The molecule has 0 saturated carbocycles. The number of carbonyl (C=O) groups excluding carboxylic acids is 2. The highest BCUT2D eigenvalue weighted by Gasteiger charge is 2.34. The molecule has 3 aromatic rings. The van der Waals surface area contributed by atoms with Gasteiger partial charge in [-0.15, -0.1) is 0 Å². The normalized spacial score (nSPS) is 12.4. The van der Waals surface area contributed by atoms with E-state index in [0.717, 1.165) is 6.07 Å². The van der Waals surface area contributed by atoms with Crippen LogP contribution in [0, 0.1) is 5.92 Å². The highest BCUT2D eigenvalue weighted by atomic mass is 19.4. The van der Waals surface area contributed by atoms with Crippen molar-refractivity contribution in [2.45, 2.75) is 58.8 Å². The van der Waals surface area contributed by atoms with Gasteiger partial charge in [-0.25, -0.2) is 9.78 Å². The molecule has 0 bridgehead atoms. The van der Waals surface area contributed by atoms with Crippen LogP contribution in [0.3, 0.4) is 0 Å². The summed E-state index contributed by atoms with van der Waals surface area (Å²) in [6.45, 7) is 5.97. The number of methoxy groups -OCH3 is 1. The molecule has 2 amide bonds. The zero-order chi connectivity index (χ0) is 28.7. The zero-order valence-corrected chi connectivity index (χ0v) is 22.4. The van der Waals surface area contributed by atoms with Crippen LogP contribution in [-0.4, -0.2) is 40.1 Å². The third kappa shape index (κ3) is 7.36. The number of esters is 1. The van der Waals surface area contributed by atoms with Crippen molar-refractivity contribution in [3.63, 3.8) is 0 Å². The molecule has 0 aliphatic heterocycles. The second-order valence-corrected chi connectivity index (χ2v) is 9.65. The molecule has 0 aliphatic rings. The number of aromatic nitrogens is 2. The number of hydrogen-bond acceptors (Lipinski definition) is 5. The standard InChI is InChI=1S/C28H33F3N4O4/c1-18(2)15-17-34(27(38)33-23-13-8-6-11-21(23)28(29,30)31)19(3)25-32-22-12-7-5-10-20(22)26(37)35(25)16-9-14-24(36)39-4/h5-8,10-13,18-19H,9,14-17H2,1-4H3,(H,33,38). The summed E-state index contributed by atoms with van der Waals surface area (Å²) in [5, 5.41) is 2.80. The zero-order valence-electron chi connectivity index (χ0n) is 22.4. The van der Waals surface area contributed by atoms with E-state index in [4.69, 9.17) is 9.72 Å². The molecular formula is C28H33F3N4O4. The summed E-state index contributed by atoms with van der Waals surface area (Å²) in [5.41, 5.74) is -1.23. The molecule has 0 saturated heterocycles. The number of para-hydroxylation sites is 2. The van der Waals surface area contributed by atoms with E-state index in [9.17, 15) is 27.6 Å². The van der Waals surface area contributed by atoms with Crippen LogP contribution in [0.25, 0.3) is 10.9 Å². The van der Waals surface area contributed by atoms with Gasteiger partial charge in [0.25, 0.3) is 5.56 Å². The smallest absolute Gasteiger partial charge is 0.418 e. The number of carbonyl (C=O) groups is 2. The van der Waals surface area contributed by atoms with Crippen LogP contribution in [0.5, 0.6) is 0 Å². The Labute approximate surface area is 224 Å². The average molecular weight is 547 g/mol. The van der Waals surface area contributed by atoms with E-state index in [0.29, 0.717) is 23.7 Å². The van der Waals surface area contributed by atoms with Gasteiger partial charge in [0.05, 0.1) is 35.3 Å². The number of anilines is 1. The summed E-state index contributed by atoms with van der Waals surface area (Å²) < 4.78 is 46.9. The summed E-state index contributed by atoms with van der Waals surface area (Å²) >= 11 is 0. The Bertz CT molecular complexity index is 1370. The third-order valence-electron chi connectivity index (χ3n) is 6.40. The molecule has 1 atom stereocenters. The lowest BCUT2D eigenvalue weighted by Crippen LogP contribution is -2.41. The van der Waals surface area contributed by atoms with Crippen molar-refractivity contribution in [3.05, 3.63) is 70.3 Å². The highest BCUT2D eigenvalue weighted by Crippen LogP contribution is 2.35. The number of alkyl halides is 3. The molecule has 0 spiro atoms. The largest absolute Gasteiger partial charge is 0.469 e. The van der Waals surface area contributed by atoms with E-state index in [-0.39, 0.29) is 42.5 Å². The van der Waals surface area contributed by atoms with Gasteiger partial charge in [0.2, 0.25) is 0 Å². The number of halogens is 3. The molecule has 1 unspecified atom stereocenters. The summed E-state index contributed by atoms with van der Waals surface area (Å²) in [4.78, 5) is 44.7. The molecular weight excluding hydrogens is 513 g/mol. The first-order chi connectivity index (χ1) is 18.4. The number of fused-ring (bicyclic) bond motifs is 1. The Hall–Kier alpha value is -3.89. The van der Waals surface area contributed by atoms with Gasteiger partial charge in [-0.3, -0.25) is 14.2 Å². The van der Waals surface area contributed by atoms with E-state index in [1.54, 1.807) is 31.2 Å². The number of benzene rings is 2. The van der Waals surface area contributed by atoms with Crippen molar-refractivity contribution in [2.24, 2.45) is 5.92 Å². The molecule has 2 aromatic carbocycles. The van der Waals surface area contributed by atoms with Gasteiger partial charge in [-0.1, -0.05) is 38.1 Å². The number of amides is 2. The lowest BCUT2D eigenvalue weighted by Gasteiger charge is -2.31. The average Bonchev–Trinajstić information content (AvgIpc) is 2.89. The fourth-order valence-electron chi connectivity index (χ4n) is 4.24. The van der Waals surface area contributed by atoms with Gasteiger partial charge >= 0.3 is 18.2 Å². The first-order valence-corrected chi connectivity index (χ1v) is 12.7. The van der Waals surface area contributed by atoms with Gasteiger partial charge in [-0.05, 0) is 49.9 Å². The van der Waals surface area contributed by atoms with Crippen LogP contribution < -0.4 is 10.9 Å². The molecule has 1 heterocycles. The molecule has 0 fully saturated rings. The van der Waals surface area contributed by atoms with Crippen LogP contribution in [0.2, 0.25) is 0 Å². The van der Waals surface area contributed by atoms with Crippen LogP contribution in [0.4, 0.5) is 23.7 Å². The van der Waals surface area contributed by atoms with Gasteiger partial charge in [0, 0.05) is 19.5 Å². The SMILES string of the molecule is COC(=O)CCCn1c(C(C)N(CCC(C)C)C(=O)Nc2ccccc2C(F)(F)F)nc2ccccc2c1=O. The van der Waals surface area contributed by atoms with Gasteiger partial charge < -0.3 is 15.0 Å². The van der Waals surface area contributed by atoms with E-state index in [2.05, 4.69) is 5.32 Å². The lowest BCUT2D eigenvalue weighted by molar-refractivity contribution is -0.140. The molecule has 0 radical (unpaired) electrons. The second kappa shape index (κ2) is 12.8. The summed E-state index contributed by atoms with van der Waals surface area (Å²) in [7, 11) is 1.28. The quantitative estimate of drug-likeness (QED) is 0.315. The molecule has 3 rings (SSSR count). The van der Waals surface area contributed by atoms with Crippen molar-refractivity contribution < 1.29 is 27.5 Å². The molecule has 1 N–H and O–H groups in total. The Balaban J connectivity index is 2.04. The number of hydrogen-bond donors (Lipinski definition) is 1. The van der Waals surface area contributed by atoms with Crippen LogP contribution in [0.1, 0.15) is 57.5 Å². The van der Waals surface area contributed by atoms with E-state index >= 15 is 0 Å². The monoisotopic (exact) mass is 546 g/mol. The maximum atomic E-state index is 13.6. The number of nitrogens with one attached hydrogen (secondary N) is 1. The number of ether oxygens (including phenoxy) is 1. The fourth-order valence-corrected chi connectivity index (χ4v) is 4.24. The highest BCUT2D eigenvalue weighted by molar-refractivity contribution is 5.90. The third-order valence-corrected chi connectivity index (χ3v) is 6.40. The van der Waals surface area contributed by atoms with Crippen LogP contribution in [0.15, 0.2) is 53.3 Å². The molecule has 1 aromatic heterocycles. The molecule has 11 heteroatoms. The minimum Gasteiger partial charge on any atom is -0.469 e. The first kappa shape index (κ1) is 29.7. The minimum atomic E-state index is -4.65. The molecule has 0 aliphatic carbocycles. The predicted octanol–water partition coefficient (Wildman–Crippen LogP) is 6.01. The summed E-state index contributed by atoms with van der Waals surface area (Å²) in [6.07, 6.45) is -3.71. The molecule has 39 heavy (non-hydrogen) atoms. The van der Waals surface area contributed by atoms with Gasteiger partial charge in [0.1, 0.15) is 5.82 Å². The molecule has 8 nitrogen and oxygen atoms in total. The maximum absolute atomic E-state index is 13.6. The van der Waals surface area contributed by atoms with Crippen LogP contribution >= 0.6 is 0 Å². The Kier molecular flexibility index (Phi) is 9.71. The first-order valence-electron chi connectivity index (χ1n) is 12.7. The summed E-state index contributed by atoms with van der Waals surface area (Å²) in [6, 6.07) is 10.0. The van der Waals surface area contributed by atoms with E-state index < -0.39 is 29.8 Å². The Morgan fingerprint density at radius 1 is 1.08 bits per heavy atom. The Morgan fingerprint density at radius 2 is 1.74 bits per heavy atom. The molecule has 210 valence electrons. The van der Waals surface area contributed by atoms with Crippen molar-refractivity contribution in [1.29, 1.82) is 0 Å². The van der Waals surface area contributed by atoms with Gasteiger partial charge in [0.15, 0.2) is 0 Å². The summed E-state index contributed by atoms with van der Waals surface area (Å²) in [5.74, 6) is 0.0426. The maximum Gasteiger partial charge on any atom is 0.418 e. The predicted molar refractivity (Wildman–Crippen MR) is 142 cm³/mol.